The molecule has 1 saturated carbocycles. The Morgan fingerprint density at radius 1 is 0.875 bits per heavy atom. The van der Waals surface area contributed by atoms with Crippen LogP contribution < -0.4 is 0 Å². The second kappa shape index (κ2) is 4.63. The number of piperidine rings is 1. The fourth-order valence-electron chi connectivity index (χ4n) is 3.48. The Hall–Kier alpha value is -0.120. The van der Waals surface area contributed by atoms with Crippen molar-refractivity contribution >= 4 is 0 Å². The highest BCUT2D eigenvalue weighted by atomic mass is 16.7. The Morgan fingerprint density at radius 3 is 2.12 bits per heavy atom. The van der Waals surface area contributed by atoms with E-state index < -0.39 is 0 Å². The Labute approximate surface area is 98.1 Å². The average molecular weight is 225 g/mol. The van der Waals surface area contributed by atoms with E-state index in [1.807, 2.05) is 0 Å². The van der Waals surface area contributed by atoms with Crippen LogP contribution in [0.25, 0.3) is 0 Å². The summed E-state index contributed by atoms with van der Waals surface area (Å²) in [6.07, 6.45) is 8.96. The van der Waals surface area contributed by atoms with Gasteiger partial charge in [-0.05, 0) is 38.8 Å². The second-order valence-corrected chi connectivity index (χ2v) is 5.44. The Kier molecular flexibility index (Phi) is 3.18. The van der Waals surface area contributed by atoms with Gasteiger partial charge in [-0.15, -0.1) is 0 Å². The van der Waals surface area contributed by atoms with Crippen LogP contribution in [-0.4, -0.2) is 43.0 Å². The summed E-state index contributed by atoms with van der Waals surface area (Å²) in [6.45, 7) is 4.24. The van der Waals surface area contributed by atoms with Crippen molar-refractivity contribution in [3.8, 4) is 0 Å². The lowest BCUT2D eigenvalue weighted by Crippen LogP contribution is -2.45. The number of likely N-dealkylation sites (tertiary alicyclic amines) is 1. The standard InChI is InChI=1S/C13H23NO2/c1-2-8-14(9-3-1)12-4-6-13(7-5-12)15-10-11-16-13/h12H,1-11H2. The molecule has 0 unspecified atom stereocenters. The van der Waals surface area contributed by atoms with Crippen LogP contribution in [0, 0.1) is 0 Å². The summed E-state index contributed by atoms with van der Waals surface area (Å²) in [6, 6.07) is 0.804. The first kappa shape index (κ1) is 11.0. The topological polar surface area (TPSA) is 21.7 Å². The molecule has 0 aromatic carbocycles. The number of hydrogen-bond donors (Lipinski definition) is 0. The van der Waals surface area contributed by atoms with Gasteiger partial charge in [-0.2, -0.15) is 0 Å². The lowest BCUT2D eigenvalue weighted by molar-refractivity contribution is -0.184. The van der Waals surface area contributed by atoms with Gasteiger partial charge in [-0.1, -0.05) is 6.42 Å². The lowest BCUT2D eigenvalue weighted by atomic mass is 9.88. The van der Waals surface area contributed by atoms with Crippen molar-refractivity contribution in [2.45, 2.75) is 56.8 Å². The van der Waals surface area contributed by atoms with E-state index in [0.717, 1.165) is 32.1 Å². The fraction of sp³-hybridized carbons (Fsp3) is 1.00. The van der Waals surface area contributed by atoms with Gasteiger partial charge in [0.1, 0.15) is 0 Å². The van der Waals surface area contributed by atoms with Crippen molar-refractivity contribution in [1.82, 2.24) is 4.90 Å². The van der Waals surface area contributed by atoms with E-state index in [1.165, 1.54) is 45.2 Å². The van der Waals surface area contributed by atoms with Gasteiger partial charge in [0, 0.05) is 18.9 Å². The minimum Gasteiger partial charge on any atom is -0.348 e. The minimum absolute atomic E-state index is 0.174. The maximum absolute atomic E-state index is 5.78. The molecule has 0 aromatic rings. The quantitative estimate of drug-likeness (QED) is 0.682. The van der Waals surface area contributed by atoms with Crippen LogP contribution in [0.4, 0.5) is 0 Å². The van der Waals surface area contributed by atoms with E-state index in [9.17, 15) is 0 Å². The van der Waals surface area contributed by atoms with Crippen molar-refractivity contribution < 1.29 is 9.47 Å². The zero-order valence-electron chi connectivity index (χ0n) is 10.1. The molecule has 0 aromatic heterocycles. The molecule has 2 aliphatic heterocycles. The molecular weight excluding hydrogens is 202 g/mol. The molecule has 3 aliphatic rings. The van der Waals surface area contributed by atoms with Gasteiger partial charge in [0.2, 0.25) is 0 Å². The van der Waals surface area contributed by atoms with Crippen LogP contribution in [0.5, 0.6) is 0 Å². The summed E-state index contributed by atoms with van der Waals surface area (Å²) in [5.74, 6) is -0.174. The maximum atomic E-state index is 5.78. The summed E-state index contributed by atoms with van der Waals surface area (Å²) >= 11 is 0. The predicted octanol–water partition coefficient (Wildman–Crippen LogP) is 2.16. The van der Waals surface area contributed by atoms with Crippen LogP contribution in [0.15, 0.2) is 0 Å². The molecule has 0 radical (unpaired) electrons. The monoisotopic (exact) mass is 225 g/mol. The molecule has 0 N–H and O–H groups in total. The molecule has 3 heteroatoms. The predicted molar refractivity (Wildman–Crippen MR) is 62.3 cm³/mol. The van der Waals surface area contributed by atoms with Crippen LogP contribution in [-0.2, 0) is 9.47 Å². The van der Waals surface area contributed by atoms with Gasteiger partial charge in [0.15, 0.2) is 5.79 Å². The number of nitrogens with zero attached hydrogens (tertiary/aromatic N) is 1. The Bertz CT molecular complexity index is 222. The number of rotatable bonds is 1. The summed E-state index contributed by atoms with van der Waals surface area (Å²) < 4.78 is 11.6. The first-order valence-corrected chi connectivity index (χ1v) is 6.90. The van der Waals surface area contributed by atoms with Gasteiger partial charge in [-0.25, -0.2) is 0 Å². The molecule has 3 rings (SSSR count). The molecule has 0 amide bonds. The van der Waals surface area contributed by atoms with Crippen LogP contribution in [0.2, 0.25) is 0 Å². The van der Waals surface area contributed by atoms with Crippen molar-refractivity contribution in [2.75, 3.05) is 26.3 Å². The Balaban J connectivity index is 1.53. The molecule has 0 bridgehead atoms. The maximum Gasteiger partial charge on any atom is 0.168 e. The van der Waals surface area contributed by atoms with Crippen molar-refractivity contribution in [3.63, 3.8) is 0 Å². The van der Waals surface area contributed by atoms with Gasteiger partial charge >= 0.3 is 0 Å². The van der Waals surface area contributed by atoms with Crippen LogP contribution >= 0.6 is 0 Å². The largest absolute Gasteiger partial charge is 0.348 e. The van der Waals surface area contributed by atoms with Crippen molar-refractivity contribution in [2.24, 2.45) is 0 Å². The third kappa shape index (κ3) is 2.13. The lowest BCUT2D eigenvalue weighted by Gasteiger charge is -2.41. The SMILES string of the molecule is C1CCN(C2CCC3(CC2)OCCO3)CC1. The molecule has 16 heavy (non-hydrogen) atoms. The second-order valence-electron chi connectivity index (χ2n) is 5.44. The highest BCUT2D eigenvalue weighted by Crippen LogP contribution is 2.37. The number of ether oxygens (including phenoxy) is 2. The third-order valence-electron chi connectivity index (χ3n) is 4.44. The van der Waals surface area contributed by atoms with Gasteiger partial charge in [-0.3, -0.25) is 0 Å². The molecular formula is C13H23NO2. The van der Waals surface area contributed by atoms with E-state index in [0.29, 0.717) is 0 Å². The summed E-state index contributed by atoms with van der Waals surface area (Å²) in [5, 5.41) is 0. The summed E-state index contributed by atoms with van der Waals surface area (Å²) in [5.41, 5.74) is 0. The molecule has 3 nitrogen and oxygen atoms in total. The molecule has 1 aliphatic carbocycles. The van der Waals surface area contributed by atoms with Crippen LogP contribution in [0.3, 0.4) is 0 Å². The summed E-state index contributed by atoms with van der Waals surface area (Å²) in [7, 11) is 0. The van der Waals surface area contributed by atoms with Crippen molar-refractivity contribution in [3.05, 3.63) is 0 Å². The Morgan fingerprint density at radius 2 is 1.50 bits per heavy atom. The molecule has 3 fully saturated rings. The third-order valence-corrected chi connectivity index (χ3v) is 4.44. The van der Waals surface area contributed by atoms with Gasteiger partial charge in [0.25, 0.3) is 0 Å². The molecule has 2 heterocycles. The normalized spacial score (nSPS) is 32.2. The van der Waals surface area contributed by atoms with Gasteiger partial charge in [0.05, 0.1) is 13.2 Å². The van der Waals surface area contributed by atoms with E-state index in [-0.39, 0.29) is 5.79 Å². The zero-order valence-corrected chi connectivity index (χ0v) is 10.1. The van der Waals surface area contributed by atoms with E-state index >= 15 is 0 Å². The fourth-order valence-corrected chi connectivity index (χ4v) is 3.48. The molecule has 92 valence electrons. The smallest absolute Gasteiger partial charge is 0.168 e. The molecule has 0 atom stereocenters. The average Bonchev–Trinajstić information content (AvgIpc) is 2.80. The van der Waals surface area contributed by atoms with Crippen LogP contribution in [0.1, 0.15) is 44.9 Å². The van der Waals surface area contributed by atoms with E-state index in [2.05, 4.69) is 4.90 Å². The molecule has 2 saturated heterocycles. The van der Waals surface area contributed by atoms with E-state index in [4.69, 9.17) is 9.47 Å². The highest BCUT2D eigenvalue weighted by molar-refractivity contribution is 4.87. The highest BCUT2D eigenvalue weighted by Gasteiger charge is 2.41. The first-order valence-electron chi connectivity index (χ1n) is 6.90. The van der Waals surface area contributed by atoms with E-state index in [1.54, 1.807) is 0 Å². The first-order chi connectivity index (χ1) is 7.88. The number of hydrogen-bond acceptors (Lipinski definition) is 3. The molecule has 1 spiro atoms. The van der Waals surface area contributed by atoms with Gasteiger partial charge < -0.3 is 14.4 Å². The zero-order chi connectivity index (χ0) is 10.8. The summed E-state index contributed by atoms with van der Waals surface area (Å²) in [4.78, 5) is 2.70. The van der Waals surface area contributed by atoms with Crippen molar-refractivity contribution in [1.29, 1.82) is 0 Å². The minimum atomic E-state index is -0.174.